The van der Waals surface area contributed by atoms with Crippen molar-refractivity contribution in [3.63, 3.8) is 0 Å². The number of nitrogens with zero attached hydrogens (tertiary/aromatic N) is 2. The van der Waals surface area contributed by atoms with Gasteiger partial charge in [0.15, 0.2) is 0 Å². The largest absolute Gasteiger partial charge is 0.352 e. The summed E-state index contributed by atoms with van der Waals surface area (Å²) in [5, 5.41) is 0. The SMILES string of the molecule is ClCCN(c1ncc(Br)cc1Br)C1CCC1. The first-order valence-corrected chi connectivity index (χ1v) is 7.48. The van der Waals surface area contributed by atoms with Gasteiger partial charge >= 0.3 is 0 Å². The Kier molecular flexibility index (Phi) is 4.50. The minimum atomic E-state index is 0.615. The Morgan fingerprint density at radius 2 is 2.19 bits per heavy atom. The van der Waals surface area contributed by atoms with Crippen molar-refractivity contribution in [2.45, 2.75) is 25.3 Å². The molecule has 0 atom stereocenters. The molecule has 16 heavy (non-hydrogen) atoms. The highest BCUT2D eigenvalue weighted by Gasteiger charge is 2.26. The maximum atomic E-state index is 5.86. The number of halogens is 3. The summed E-state index contributed by atoms with van der Waals surface area (Å²) in [6.45, 7) is 0.861. The summed E-state index contributed by atoms with van der Waals surface area (Å²) in [4.78, 5) is 6.79. The number of pyridine rings is 1. The van der Waals surface area contributed by atoms with Crippen molar-refractivity contribution in [3.8, 4) is 0 Å². The lowest BCUT2D eigenvalue weighted by Crippen LogP contribution is -2.42. The van der Waals surface area contributed by atoms with Gasteiger partial charge in [0, 0.05) is 29.1 Å². The van der Waals surface area contributed by atoms with Crippen LogP contribution in [0.1, 0.15) is 19.3 Å². The third kappa shape index (κ3) is 2.71. The van der Waals surface area contributed by atoms with E-state index in [-0.39, 0.29) is 0 Å². The van der Waals surface area contributed by atoms with Crippen molar-refractivity contribution >= 4 is 49.3 Å². The average molecular weight is 369 g/mol. The van der Waals surface area contributed by atoms with E-state index < -0.39 is 0 Å². The molecule has 0 aromatic carbocycles. The van der Waals surface area contributed by atoms with Gasteiger partial charge in [-0.25, -0.2) is 4.98 Å². The second kappa shape index (κ2) is 5.69. The van der Waals surface area contributed by atoms with E-state index in [0.717, 1.165) is 21.3 Å². The van der Waals surface area contributed by atoms with Crippen LogP contribution in [0.25, 0.3) is 0 Å². The molecular formula is C11H13Br2ClN2. The highest BCUT2D eigenvalue weighted by atomic mass is 79.9. The van der Waals surface area contributed by atoms with E-state index in [9.17, 15) is 0 Å². The summed E-state index contributed by atoms with van der Waals surface area (Å²) >= 11 is 12.8. The van der Waals surface area contributed by atoms with Gasteiger partial charge in [-0.05, 0) is 57.2 Å². The molecule has 0 spiro atoms. The number of alkyl halides is 1. The van der Waals surface area contributed by atoms with Gasteiger partial charge in [-0.1, -0.05) is 0 Å². The van der Waals surface area contributed by atoms with Crippen LogP contribution in [0.15, 0.2) is 21.2 Å². The van der Waals surface area contributed by atoms with Crippen molar-refractivity contribution in [1.82, 2.24) is 4.98 Å². The third-order valence-electron chi connectivity index (χ3n) is 2.90. The fraction of sp³-hybridized carbons (Fsp3) is 0.545. The Morgan fingerprint density at radius 1 is 1.44 bits per heavy atom. The predicted molar refractivity (Wildman–Crippen MR) is 75.3 cm³/mol. The molecule has 2 nitrogen and oxygen atoms in total. The van der Waals surface area contributed by atoms with E-state index in [0.29, 0.717) is 11.9 Å². The Bertz CT molecular complexity index is 369. The number of hydrogen-bond donors (Lipinski definition) is 0. The fourth-order valence-electron chi connectivity index (χ4n) is 1.87. The van der Waals surface area contributed by atoms with Crippen molar-refractivity contribution in [2.75, 3.05) is 17.3 Å². The molecule has 1 aliphatic carbocycles. The quantitative estimate of drug-likeness (QED) is 0.741. The summed E-state index contributed by atoms with van der Waals surface area (Å²) < 4.78 is 2.02. The van der Waals surface area contributed by atoms with Crippen LogP contribution in [0.3, 0.4) is 0 Å². The van der Waals surface area contributed by atoms with Gasteiger partial charge in [0.05, 0.1) is 4.47 Å². The van der Waals surface area contributed by atoms with Crippen molar-refractivity contribution in [2.24, 2.45) is 0 Å². The molecular weight excluding hydrogens is 355 g/mol. The molecule has 0 aliphatic heterocycles. The standard InChI is InChI=1S/C11H13Br2ClN2/c12-8-6-10(13)11(15-7-8)16(5-4-14)9-2-1-3-9/h6-7,9H,1-5H2. The highest BCUT2D eigenvalue weighted by Crippen LogP contribution is 2.33. The van der Waals surface area contributed by atoms with Gasteiger partial charge in [0.25, 0.3) is 0 Å². The fourth-order valence-corrected chi connectivity index (χ4v) is 3.27. The van der Waals surface area contributed by atoms with Crippen LogP contribution in [0.2, 0.25) is 0 Å². The molecule has 0 N–H and O–H groups in total. The van der Waals surface area contributed by atoms with E-state index in [1.807, 2.05) is 12.3 Å². The van der Waals surface area contributed by atoms with Gasteiger partial charge < -0.3 is 4.90 Å². The molecule has 5 heteroatoms. The predicted octanol–water partition coefficient (Wildman–Crippen LogP) is 4.20. The molecule has 0 radical (unpaired) electrons. The zero-order valence-corrected chi connectivity index (χ0v) is 12.7. The minimum absolute atomic E-state index is 0.615. The van der Waals surface area contributed by atoms with Crippen molar-refractivity contribution < 1.29 is 0 Å². The molecule has 0 saturated heterocycles. The molecule has 1 aromatic heterocycles. The van der Waals surface area contributed by atoms with Crippen molar-refractivity contribution in [3.05, 3.63) is 21.2 Å². The molecule has 1 saturated carbocycles. The van der Waals surface area contributed by atoms with Crippen LogP contribution in [-0.4, -0.2) is 23.5 Å². The van der Waals surface area contributed by atoms with E-state index >= 15 is 0 Å². The molecule has 1 fully saturated rings. The lowest BCUT2D eigenvalue weighted by molar-refractivity contribution is 0.388. The van der Waals surface area contributed by atoms with Crippen LogP contribution in [0, 0.1) is 0 Å². The molecule has 0 unspecified atom stereocenters. The monoisotopic (exact) mass is 366 g/mol. The molecule has 0 amide bonds. The summed E-state index contributed by atoms with van der Waals surface area (Å²) in [5.41, 5.74) is 0. The average Bonchev–Trinajstić information content (AvgIpc) is 2.14. The number of aromatic nitrogens is 1. The zero-order chi connectivity index (χ0) is 11.5. The molecule has 1 heterocycles. The molecule has 2 rings (SSSR count). The maximum absolute atomic E-state index is 5.86. The first-order chi connectivity index (χ1) is 7.72. The third-order valence-corrected chi connectivity index (χ3v) is 4.09. The van der Waals surface area contributed by atoms with Crippen LogP contribution in [0.5, 0.6) is 0 Å². The van der Waals surface area contributed by atoms with Crippen LogP contribution < -0.4 is 4.90 Å². The topological polar surface area (TPSA) is 16.1 Å². The Hall–Kier alpha value is 0.200. The minimum Gasteiger partial charge on any atom is -0.352 e. The van der Waals surface area contributed by atoms with E-state index in [1.165, 1.54) is 19.3 Å². The zero-order valence-electron chi connectivity index (χ0n) is 8.80. The summed E-state index contributed by atoms with van der Waals surface area (Å²) in [6, 6.07) is 2.64. The first-order valence-electron chi connectivity index (χ1n) is 5.36. The van der Waals surface area contributed by atoms with E-state index in [1.54, 1.807) is 0 Å². The van der Waals surface area contributed by atoms with Gasteiger partial charge in [0.2, 0.25) is 0 Å². The van der Waals surface area contributed by atoms with E-state index in [2.05, 4.69) is 41.7 Å². The Morgan fingerprint density at radius 3 is 2.69 bits per heavy atom. The molecule has 1 aliphatic rings. The van der Waals surface area contributed by atoms with Crippen LogP contribution in [-0.2, 0) is 0 Å². The second-order valence-electron chi connectivity index (χ2n) is 3.93. The number of rotatable bonds is 4. The summed E-state index contributed by atoms with van der Waals surface area (Å²) in [6.07, 6.45) is 5.65. The van der Waals surface area contributed by atoms with Gasteiger partial charge in [0.1, 0.15) is 5.82 Å². The Labute approximate surface area is 118 Å². The molecule has 1 aromatic rings. The Balaban J connectivity index is 2.23. The molecule has 0 bridgehead atoms. The van der Waals surface area contributed by atoms with Crippen molar-refractivity contribution in [1.29, 1.82) is 0 Å². The maximum Gasteiger partial charge on any atom is 0.143 e. The van der Waals surface area contributed by atoms with E-state index in [4.69, 9.17) is 11.6 Å². The van der Waals surface area contributed by atoms with Gasteiger partial charge in [-0.15, -0.1) is 11.6 Å². The number of hydrogen-bond acceptors (Lipinski definition) is 2. The second-order valence-corrected chi connectivity index (χ2v) is 6.07. The lowest BCUT2D eigenvalue weighted by Gasteiger charge is -2.38. The lowest BCUT2D eigenvalue weighted by atomic mass is 9.91. The van der Waals surface area contributed by atoms with Crippen LogP contribution in [0.4, 0.5) is 5.82 Å². The smallest absolute Gasteiger partial charge is 0.143 e. The highest BCUT2D eigenvalue weighted by molar-refractivity contribution is 9.11. The van der Waals surface area contributed by atoms with Crippen LogP contribution >= 0.6 is 43.5 Å². The number of anilines is 1. The first kappa shape index (κ1) is 12.7. The summed E-state index contributed by atoms with van der Waals surface area (Å²) in [7, 11) is 0. The van der Waals surface area contributed by atoms with Gasteiger partial charge in [-0.3, -0.25) is 0 Å². The summed E-state index contributed by atoms with van der Waals surface area (Å²) in [5.74, 6) is 1.65. The molecule has 88 valence electrons. The normalized spacial score (nSPS) is 15.9. The van der Waals surface area contributed by atoms with Gasteiger partial charge in [-0.2, -0.15) is 0 Å².